The predicted molar refractivity (Wildman–Crippen MR) is 47.8 cm³/mol. The summed E-state index contributed by atoms with van der Waals surface area (Å²) in [5, 5.41) is 8.94. The first-order valence-corrected chi connectivity index (χ1v) is 4.31. The molecule has 0 spiro atoms. The van der Waals surface area contributed by atoms with Gasteiger partial charge in [0.15, 0.2) is 6.20 Å². The standard InChI is InChI=1S/C8H11BrNO2/c1-10-4-7(9)8(12-2)3-6(10)5-11/h3-4,11H,5H2,1-2H3/q+1. The van der Waals surface area contributed by atoms with Gasteiger partial charge in [-0.1, -0.05) is 0 Å². The normalized spacial score (nSPS) is 10.0. The summed E-state index contributed by atoms with van der Waals surface area (Å²) in [5.41, 5.74) is 0.815. The number of hydrogen-bond acceptors (Lipinski definition) is 2. The molecule has 66 valence electrons. The molecule has 0 saturated carbocycles. The number of aliphatic hydroxyl groups excluding tert-OH is 1. The molecule has 4 heteroatoms. The highest BCUT2D eigenvalue weighted by molar-refractivity contribution is 9.10. The first kappa shape index (κ1) is 9.48. The van der Waals surface area contributed by atoms with E-state index in [1.54, 1.807) is 13.2 Å². The van der Waals surface area contributed by atoms with E-state index in [2.05, 4.69) is 15.9 Å². The molecular formula is C8H11BrNO2+. The van der Waals surface area contributed by atoms with Crippen LogP contribution in [0, 0.1) is 0 Å². The Hall–Kier alpha value is -0.610. The summed E-state index contributed by atoms with van der Waals surface area (Å²) in [7, 11) is 3.47. The van der Waals surface area contributed by atoms with E-state index in [1.807, 2.05) is 17.8 Å². The molecule has 12 heavy (non-hydrogen) atoms. The first-order valence-electron chi connectivity index (χ1n) is 3.52. The summed E-state index contributed by atoms with van der Waals surface area (Å²) in [6.45, 7) is 0.0140. The average molecular weight is 233 g/mol. The van der Waals surface area contributed by atoms with E-state index < -0.39 is 0 Å². The molecule has 0 aromatic carbocycles. The Balaban J connectivity index is 3.18. The quantitative estimate of drug-likeness (QED) is 0.765. The minimum Gasteiger partial charge on any atom is -0.495 e. The predicted octanol–water partition coefficient (Wildman–Crippen LogP) is 0.774. The maximum Gasteiger partial charge on any atom is 0.210 e. The van der Waals surface area contributed by atoms with E-state index >= 15 is 0 Å². The summed E-state index contributed by atoms with van der Waals surface area (Å²) in [6.07, 6.45) is 1.85. The summed E-state index contributed by atoms with van der Waals surface area (Å²) < 4.78 is 7.79. The molecule has 0 radical (unpaired) electrons. The zero-order valence-corrected chi connectivity index (χ0v) is 8.63. The van der Waals surface area contributed by atoms with Gasteiger partial charge in [-0.3, -0.25) is 0 Å². The lowest BCUT2D eigenvalue weighted by molar-refractivity contribution is -0.681. The lowest BCUT2D eigenvalue weighted by atomic mass is 10.3. The molecule has 1 rings (SSSR count). The summed E-state index contributed by atoms with van der Waals surface area (Å²) in [4.78, 5) is 0. The second-order valence-electron chi connectivity index (χ2n) is 2.45. The van der Waals surface area contributed by atoms with Crippen molar-refractivity contribution in [3.05, 3.63) is 22.4 Å². The number of halogens is 1. The fraction of sp³-hybridized carbons (Fsp3) is 0.375. The van der Waals surface area contributed by atoms with Crippen molar-refractivity contribution < 1.29 is 14.4 Å². The van der Waals surface area contributed by atoms with Gasteiger partial charge in [0.2, 0.25) is 5.69 Å². The van der Waals surface area contributed by atoms with Gasteiger partial charge in [0.1, 0.15) is 23.9 Å². The van der Waals surface area contributed by atoms with E-state index in [1.165, 1.54) is 0 Å². The average Bonchev–Trinajstić information content (AvgIpc) is 2.05. The Morgan fingerprint density at radius 3 is 2.83 bits per heavy atom. The summed E-state index contributed by atoms with van der Waals surface area (Å²) in [5.74, 6) is 0.733. The Kier molecular flexibility index (Phi) is 3.05. The molecule has 0 bridgehead atoms. The van der Waals surface area contributed by atoms with Crippen molar-refractivity contribution in [1.29, 1.82) is 0 Å². The van der Waals surface area contributed by atoms with Crippen molar-refractivity contribution in [2.75, 3.05) is 7.11 Å². The molecule has 0 amide bonds. The molecule has 1 heterocycles. The maximum atomic E-state index is 8.94. The van der Waals surface area contributed by atoms with E-state index in [0.29, 0.717) is 0 Å². The lowest BCUT2D eigenvalue weighted by Crippen LogP contribution is -2.33. The topological polar surface area (TPSA) is 33.3 Å². The molecule has 0 saturated heterocycles. The SMILES string of the molecule is COc1cc(CO)[n+](C)cc1Br. The lowest BCUT2D eigenvalue weighted by Gasteiger charge is -2.02. The molecule has 0 unspecified atom stereocenters. The highest BCUT2D eigenvalue weighted by Crippen LogP contribution is 2.22. The van der Waals surface area contributed by atoms with E-state index in [4.69, 9.17) is 9.84 Å². The number of aliphatic hydroxyl groups is 1. The third-order valence-electron chi connectivity index (χ3n) is 1.68. The smallest absolute Gasteiger partial charge is 0.210 e. The number of ether oxygens (including phenoxy) is 1. The van der Waals surface area contributed by atoms with Crippen LogP contribution >= 0.6 is 15.9 Å². The maximum absolute atomic E-state index is 8.94. The Morgan fingerprint density at radius 1 is 1.67 bits per heavy atom. The monoisotopic (exact) mass is 232 g/mol. The van der Waals surface area contributed by atoms with E-state index in [9.17, 15) is 0 Å². The van der Waals surface area contributed by atoms with Crippen molar-refractivity contribution >= 4 is 15.9 Å². The zero-order valence-electron chi connectivity index (χ0n) is 7.04. The van der Waals surface area contributed by atoms with Crippen LogP contribution in [0.3, 0.4) is 0 Å². The fourth-order valence-electron chi connectivity index (χ4n) is 0.952. The van der Waals surface area contributed by atoms with Crippen LogP contribution in [0.2, 0.25) is 0 Å². The van der Waals surface area contributed by atoms with Gasteiger partial charge in [0.05, 0.1) is 13.2 Å². The first-order chi connectivity index (χ1) is 5.69. The van der Waals surface area contributed by atoms with Gasteiger partial charge in [-0.2, -0.15) is 0 Å². The van der Waals surface area contributed by atoms with Crippen LogP contribution in [-0.2, 0) is 13.7 Å². The number of nitrogens with zero attached hydrogens (tertiary/aromatic N) is 1. The Morgan fingerprint density at radius 2 is 2.33 bits per heavy atom. The summed E-state index contributed by atoms with van der Waals surface area (Å²) in [6, 6.07) is 1.80. The molecule has 1 aromatic rings. The minimum absolute atomic E-state index is 0.0140. The molecule has 0 fully saturated rings. The Labute approximate surface area is 79.7 Å². The van der Waals surface area contributed by atoms with Crippen LogP contribution in [0.25, 0.3) is 0 Å². The highest BCUT2D eigenvalue weighted by Gasteiger charge is 2.11. The molecule has 0 aliphatic heterocycles. The van der Waals surface area contributed by atoms with Crippen molar-refractivity contribution in [2.24, 2.45) is 7.05 Å². The number of aryl methyl sites for hydroxylation is 1. The van der Waals surface area contributed by atoms with Crippen LogP contribution in [-0.4, -0.2) is 12.2 Å². The minimum atomic E-state index is 0.0140. The fourth-order valence-corrected chi connectivity index (χ4v) is 1.54. The number of hydrogen-bond donors (Lipinski definition) is 1. The molecule has 0 aliphatic rings. The Bertz CT molecular complexity index is 263. The molecule has 3 nitrogen and oxygen atoms in total. The largest absolute Gasteiger partial charge is 0.495 e. The van der Waals surface area contributed by atoms with Crippen molar-refractivity contribution in [2.45, 2.75) is 6.61 Å². The van der Waals surface area contributed by atoms with Crippen LogP contribution in [0.15, 0.2) is 16.7 Å². The van der Waals surface area contributed by atoms with Crippen molar-refractivity contribution in [1.82, 2.24) is 0 Å². The molecular weight excluding hydrogens is 222 g/mol. The van der Waals surface area contributed by atoms with Crippen LogP contribution in [0.4, 0.5) is 0 Å². The van der Waals surface area contributed by atoms with Gasteiger partial charge < -0.3 is 9.84 Å². The van der Waals surface area contributed by atoms with Gasteiger partial charge in [-0.15, -0.1) is 0 Å². The zero-order chi connectivity index (χ0) is 9.14. The molecule has 0 atom stereocenters. The molecule has 1 N–H and O–H groups in total. The second kappa shape index (κ2) is 3.87. The van der Waals surface area contributed by atoms with Gasteiger partial charge in [-0.05, 0) is 15.9 Å². The third-order valence-corrected chi connectivity index (χ3v) is 2.27. The van der Waals surface area contributed by atoms with Gasteiger partial charge in [0, 0.05) is 0 Å². The summed E-state index contributed by atoms with van der Waals surface area (Å²) >= 11 is 3.34. The molecule has 0 aliphatic carbocycles. The van der Waals surface area contributed by atoms with Gasteiger partial charge >= 0.3 is 0 Å². The second-order valence-corrected chi connectivity index (χ2v) is 3.30. The van der Waals surface area contributed by atoms with Gasteiger partial charge in [0.25, 0.3) is 0 Å². The molecule has 1 aromatic heterocycles. The van der Waals surface area contributed by atoms with Crippen LogP contribution in [0.5, 0.6) is 5.75 Å². The number of rotatable bonds is 2. The highest BCUT2D eigenvalue weighted by atomic mass is 79.9. The van der Waals surface area contributed by atoms with Crippen LogP contribution < -0.4 is 9.30 Å². The van der Waals surface area contributed by atoms with Crippen LogP contribution in [0.1, 0.15) is 5.69 Å². The van der Waals surface area contributed by atoms with E-state index in [-0.39, 0.29) is 6.61 Å². The number of aromatic nitrogens is 1. The number of pyridine rings is 1. The van der Waals surface area contributed by atoms with Gasteiger partial charge in [-0.25, -0.2) is 4.57 Å². The van der Waals surface area contributed by atoms with E-state index in [0.717, 1.165) is 15.9 Å². The third kappa shape index (κ3) is 1.76. The van der Waals surface area contributed by atoms with Crippen molar-refractivity contribution in [3.8, 4) is 5.75 Å². The number of methoxy groups -OCH3 is 1. The van der Waals surface area contributed by atoms with Crippen molar-refractivity contribution in [3.63, 3.8) is 0 Å².